The zero-order valence-electron chi connectivity index (χ0n) is 9.37. The normalized spacial score (nSPS) is 24.1. The predicted octanol–water partition coefficient (Wildman–Crippen LogP) is 0.387. The zero-order valence-corrected chi connectivity index (χ0v) is 10.2. The minimum Gasteiger partial charge on any atom is -0.481 e. The van der Waals surface area contributed by atoms with Crippen LogP contribution in [0.25, 0.3) is 0 Å². The Morgan fingerprint density at radius 3 is 3.06 bits per heavy atom. The van der Waals surface area contributed by atoms with Gasteiger partial charge in [0.1, 0.15) is 0 Å². The molecule has 0 saturated carbocycles. The Morgan fingerprint density at radius 1 is 1.71 bits per heavy atom. The molecule has 1 fully saturated rings. The summed E-state index contributed by atoms with van der Waals surface area (Å²) in [6.45, 7) is 2.63. The molecule has 0 aromatic carbocycles. The lowest BCUT2D eigenvalue weighted by molar-refractivity contribution is -0.133. The minimum atomic E-state index is -0.890. The predicted molar refractivity (Wildman–Crippen MR) is 61.9 cm³/mol. The fourth-order valence-electron chi connectivity index (χ4n) is 1.88. The number of nitrogen functional groups attached to an aromatic ring is 1. The largest absolute Gasteiger partial charge is 0.481 e. The molecule has 2 rings (SSSR count). The smallest absolute Gasteiger partial charge is 0.313 e. The van der Waals surface area contributed by atoms with Gasteiger partial charge in [-0.1, -0.05) is 11.8 Å². The summed E-state index contributed by atoms with van der Waals surface area (Å²) in [7, 11) is 0. The fraction of sp³-hybridized carbons (Fsp3) is 0.667. The maximum Gasteiger partial charge on any atom is 0.313 e. The standard InChI is InChI=1S/C9H14N4O3S/c1-5-6(2-3-16-5)13-8(10)11-12-9(13)17-4-7(14)15/h5-6H,2-4H2,1H3,(H2,10,11)(H,14,15). The molecule has 1 aromatic rings. The van der Waals surface area contributed by atoms with Crippen LogP contribution in [0.15, 0.2) is 5.16 Å². The van der Waals surface area contributed by atoms with E-state index in [0.717, 1.165) is 18.2 Å². The lowest BCUT2D eigenvalue weighted by Crippen LogP contribution is -2.19. The Hall–Kier alpha value is -1.28. The Labute approximate surface area is 102 Å². The van der Waals surface area contributed by atoms with Crippen LogP contribution in [-0.2, 0) is 9.53 Å². The van der Waals surface area contributed by atoms with Crippen molar-refractivity contribution in [2.45, 2.75) is 30.6 Å². The highest BCUT2D eigenvalue weighted by Gasteiger charge is 2.30. The number of nitrogens with zero attached hydrogens (tertiary/aromatic N) is 3. The number of hydrogen-bond acceptors (Lipinski definition) is 6. The van der Waals surface area contributed by atoms with E-state index in [9.17, 15) is 4.79 Å². The van der Waals surface area contributed by atoms with E-state index in [0.29, 0.717) is 17.7 Å². The number of carboxylic acid groups (broad SMARTS) is 1. The van der Waals surface area contributed by atoms with Gasteiger partial charge in [-0.15, -0.1) is 10.2 Å². The molecule has 0 spiro atoms. The summed E-state index contributed by atoms with van der Waals surface area (Å²) in [5, 5.41) is 16.9. The summed E-state index contributed by atoms with van der Waals surface area (Å²) in [6, 6.07) is 0.0845. The molecule has 2 heterocycles. The van der Waals surface area contributed by atoms with Crippen LogP contribution in [0, 0.1) is 0 Å². The lowest BCUT2D eigenvalue weighted by Gasteiger charge is -2.18. The summed E-state index contributed by atoms with van der Waals surface area (Å²) >= 11 is 1.12. The fourth-order valence-corrected chi connectivity index (χ4v) is 2.60. The molecule has 1 aliphatic rings. The van der Waals surface area contributed by atoms with Crippen LogP contribution in [0.4, 0.5) is 5.95 Å². The number of thioether (sulfide) groups is 1. The summed E-state index contributed by atoms with van der Waals surface area (Å²) in [5.41, 5.74) is 5.76. The molecule has 1 saturated heterocycles. The van der Waals surface area contributed by atoms with Crippen LogP contribution in [0.5, 0.6) is 0 Å². The van der Waals surface area contributed by atoms with Crippen LogP contribution in [-0.4, -0.2) is 44.3 Å². The van der Waals surface area contributed by atoms with Gasteiger partial charge in [-0.25, -0.2) is 0 Å². The molecule has 3 N–H and O–H groups in total. The number of nitrogens with two attached hydrogens (primary N) is 1. The van der Waals surface area contributed by atoms with Crippen molar-refractivity contribution >= 4 is 23.7 Å². The third kappa shape index (κ3) is 2.52. The summed E-state index contributed by atoms with van der Waals surface area (Å²) in [5.74, 6) is -0.640. The first-order chi connectivity index (χ1) is 8.09. The summed E-state index contributed by atoms with van der Waals surface area (Å²) < 4.78 is 7.24. The van der Waals surface area contributed by atoms with E-state index >= 15 is 0 Å². The summed E-state index contributed by atoms with van der Waals surface area (Å²) in [6.07, 6.45) is 0.877. The van der Waals surface area contributed by atoms with Gasteiger partial charge in [-0.3, -0.25) is 9.36 Å². The van der Waals surface area contributed by atoms with E-state index in [1.807, 2.05) is 6.92 Å². The average molecular weight is 258 g/mol. The van der Waals surface area contributed by atoms with Crippen molar-refractivity contribution < 1.29 is 14.6 Å². The van der Waals surface area contributed by atoms with Crippen molar-refractivity contribution in [2.24, 2.45) is 0 Å². The number of aromatic nitrogens is 3. The molecule has 1 aromatic heterocycles. The van der Waals surface area contributed by atoms with Crippen molar-refractivity contribution in [1.82, 2.24) is 14.8 Å². The number of rotatable bonds is 4. The molecule has 1 aliphatic heterocycles. The Bertz CT molecular complexity index is 422. The SMILES string of the molecule is CC1OCCC1n1c(N)nnc1SCC(=O)O. The zero-order chi connectivity index (χ0) is 12.4. The van der Waals surface area contributed by atoms with Crippen molar-refractivity contribution in [3.05, 3.63) is 0 Å². The average Bonchev–Trinajstić information content (AvgIpc) is 2.82. The second kappa shape index (κ2) is 4.92. The molecule has 94 valence electrons. The first-order valence-corrected chi connectivity index (χ1v) is 6.24. The Morgan fingerprint density at radius 2 is 2.47 bits per heavy atom. The van der Waals surface area contributed by atoms with E-state index in [4.69, 9.17) is 15.6 Å². The lowest BCUT2D eigenvalue weighted by atomic mass is 10.1. The van der Waals surface area contributed by atoms with Crippen molar-refractivity contribution in [1.29, 1.82) is 0 Å². The number of hydrogen-bond donors (Lipinski definition) is 2. The first-order valence-electron chi connectivity index (χ1n) is 5.26. The van der Waals surface area contributed by atoms with Gasteiger partial charge in [0.15, 0.2) is 5.16 Å². The van der Waals surface area contributed by atoms with Crippen LogP contribution in [0.2, 0.25) is 0 Å². The summed E-state index contributed by atoms with van der Waals surface area (Å²) in [4.78, 5) is 10.5. The molecule has 2 atom stereocenters. The van der Waals surface area contributed by atoms with E-state index in [2.05, 4.69) is 10.2 Å². The Balaban J connectivity index is 2.19. The quantitative estimate of drug-likeness (QED) is 0.753. The van der Waals surface area contributed by atoms with Gasteiger partial charge in [0.05, 0.1) is 17.9 Å². The highest BCUT2D eigenvalue weighted by atomic mass is 32.2. The van der Waals surface area contributed by atoms with Gasteiger partial charge in [0.25, 0.3) is 0 Å². The number of carboxylic acids is 1. The maximum absolute atomic E-state index is 10.5. The van der Waals surface area contributed by atoms with Crippen molar-refractivity contribution in [3.8, 4) is 0 Å². The van der Waals surface area contributed by atoms with Gasteiger partial charge < -0.3 is 15.6 Å². The second-order valence-corrected chi connectivity index (χ2v) is 4.77. The van der Waals surface area contributed by atoms with Gasteiger partial charge in [-0.05, 0) is 13.3 Å². The van der Waals surface area contributed by atoms with Crippen molar-refractivity contribution in [3.63, 3.8) is 0 Å². The monoisotopic (exact) mass is 258 g/mol. The molecule has 2 unspecified atom stereocenters. The van der Waals surface area contributed by atoms with Crippen LogP contribution in [0.3, 0.4) is 0 Å². The first kappa shape index (κ1) is 12.2. The number of anilines is 1. The van der Waals surface area contributed by atoms with Crippen molar-refractivity contribution in [2.75, 3.05) is 18.1 Å². The molecule has 7 nitrogen and oxygen atoms in total. The van der Waals surface area contributed by atoms with E-state index < -0.39 is 5.97 Å². The van der Waals surface area contributed by atoms with Gasteiger partial charge in [0.2, 0.25) is 5.95 Å². The molecular weight excluding hydrogens is 244 g/mol. The third-order valence-corrected chi connectivity index (χ3v) is 3.61. The van der Waals surface area contributed by atoms with E-state index in [-0.39, 0.29) is 17.9 Å². The highest BCUT2D eigenvalue weighted by molar-refractivity contribution is 7.99. The molecule has 0 amide bonds. The van der Waals surface area contributed by atoms with E-state index in [1.165, 1.54) is 0 Å². The second-order valence-electron chi connectivity index (χ2n) is 3.83. The van der Waals surface area contributed by atoms with Gasteiger partial charge in [0, 0.05) is 6.61 Å². The number of aliphatic carboxylic acids is 1. The van der Waals surface area contributed by atoms with E-state index in [1.54, 1.807) is 4.57 Å². The number of ether oxygens (including phenoxy) is 1. The Kier molecular flexibility index (Phi) is 3.53. The molecular formula is C9H14N4O3S. The molecule has 0 bridgehead atoms. The molecule has 17 heavy (non-hydrogen) atoms. The van der Waals surface area contributed by atoms with Crippen LogP contribution in [0.1, 0.15) is 19.4 Å². The van der Waals surface area contributed by atoms with Gasteiger partial charge >= 0.3 is 5.97 Å². The number of carbonyl (C=O) groups is 1. The van der Waals surface area contributed by atoms with Gasteiger partial charge in [-0.2, -0.15) is 0 Å². The topological polar surface area (TPSA) is 103 Å². The third-order valence-electron chi connectivity index (χ3n) is 2.68. The highest BCUT2D eigenvalue weighted by Crippen LogP contribution is 2.31. The van der Waals surface area contributed by atoms with Crippen LogP contribution >= 0.6 is 11.8 Å². The maximum atomic E-state index is 10.5. The molecule has 0 aliphatic carbocycles. The minimum absolute atomic E-state index is 0.0393. The van der Waals surface area contributed by atoms with Crippen LogP contribution < -0.4 is 5.73 Å². The molecule has 0 radical (unpaired) electrons. The molecule has 8 heteroatoms.